The van der Waals surface area contributed by atoms with Gasteiger partial charge in [-0.1, -0.05) is 24.6 Å². The van der Waals surface area contributed by atoms with Crippen LogP contribution >= 0.6 is 24.0 Å². The number of imidazole rings is 1. The number of rotatable bonds is 4. The topological polar surface area (TPSA) is 50.5 Å². The van der Waals surface area contributed by atoms with Crippen molar-refractivity contribution >= 4 is 40.0 Å². The van der Waals surface area contributed by atoms with Crippen LogP contribution in [0.3, 0.4) is 0 Å². The Kier molecular flexibility index (Phi) is 5.27. The maximum atomic E-state index is 13.2. The minimum absolute atomic E-state index is 0.139. The SMILES string of the molecule is Cc1cncn1CCCN1C(=O)C2C(=NC1=S)SC1=C2CCCCCC1. The molecular weight excluding hydrogens is 364 g/mol. The quantitative estimate of drug-likeness (QED) is 0.730. The smallest absolute Gasteiger partial charge is 0.242 e. The molecule has 0 saturated heterocycles. The van der Waals surface area contributed by atoms with Gasteiger partial charge in [-0.3, -0.25) is 9.69 Å². The summed E-state index contributed by atoms with van der Waals surface area (Å²) in [5.41, 5.74) is 2.46. The summed E-state index contributed by atoms with van der Waals surface area (Å²) in [6, 6.07) is 0. The second-order valence-corrected chi connectivity index (χ2v) is 8.68. The van der Waals surface area contributed by atoms with Gasteiger partial charge in [0.25, 0.3) is 0 Å². The second-order valence-electron chi connectivity index (χ2n) is 7.20. The standard InChI is InChI=1S/C19H24N4OS2/c1-13-11-20-12-22(13)9-6-10-23-18(24)16-14-7-4-2-3-5-8-15(14)26-17(16)21-19(23)25/h11-12,16H,2-10H2,1H3. The first-order valence-corrected chi connectivity index (χ1v) is 10.7. The molecule has 26 heavy (non-hydrogen) atoms. The van der Waals surface area contributed by atoms with Gasteiger partial charge in [0.2, 0.25) is 11.0 Å². The van der Waals surface area contributed by atoms with Gasteiger partial charge >= 0.3 is 0 Å². The number of carbonyl (C=O) groups excluding carboxylic acids is 1. The molecule has 0 bridgehead atoms. The number of aromatic nitrogens is 2. The highest BCUT2D eigenvalue weighted by atomic mass is 32.2. The van der Waals surface area contributed by atoms with Gasteiger partial charge in [-0.15, -0.1) is 0 Å². The van der Waals surface area contributed by atoms with E-state index in [1.165, 1.54) is 36.2 Å². The molecule has 138 valence electrons. The molecule has 3 aliphatic rings. The number of aryl methyl sites for hydroxylation is 2. The summed E-state index contributed by atoms with van der Waals surface area (Å²) in [6.45, 7) is 3.50. The molecule has 4 rings (SSSR count). The van der Waals surface area contributed by atoms with Gasteiger partial charge in [0.15, 0.2) is 0 Å². The molecule has 3 heterocycles. The molecule has 0 fully saturated rings. The Morgan fingerprint density at radius 2 is 2.04 bits per heavy atom. The van der Waals surface area contributed by atoms with E-state index >= 15 is 0 Å². The van der Waals surface area contributed by atoms with Crippen molar-refractivity contribution in [2.75, 3.05) is 6.54 Å². The summed E-state index contributed by atoms with van der Waals surface area (Å²) in [4.78, 5) is 25.1. The van der Waals surface area contributed by atoms with Crippen molar-refractivity contribution in [2.24, 2.45) is 10.9 Å². The Morgan fingerprint density at radius 1 is 1.23 bits per heavy atom. The molecule has 2 aliphatic heterocycles. The van der Waals surface area contributed by atoms with Gasteiger partial charge in [-0.05, 0) is 61.7 Å². The third-order valence-electron chi connectivity index (χ3n) is 5.43. The first kappa shape index (κ1) is 17.9. The van der Waals surface area contributed by atoms with Gasteiger partial charge < -0.3 is 4.57 Å². The third-order valence-corrected chi connectivity index (χ3v) is 6.99. The monoisotopic (exact) mass is 388 g/mol. The number of carbonyl (C=O) groups is 1. The molecule has 1 amide bonds. The Hall–Kier alpha value is -1.47. The average Bonchev–Trinajstić information content (AvgIpc) is 3.14. The summed E-state index contributed by atoms with van der Waals surface area (Å²) in [7, 11) is 0. The first-order chi connectivity index (χ1) is 12.6. The fraction of sp³-hybridized carbons (Fsp3) is 0.579. The van der Waals surface area contributed by atoms with E-state index in [2.05, 4.69) is 14.5 Å². The minimum atomic E-state index is -0.158. The number of hydrogen-bond donors (Lipinski definition) is 0. The summed E-state index contributed by atoms with van der Waals surface area (Å²) >= 11 is 7.17. The average molecular weight is 389 g/mol. The summed E-state index contributed by atoms with van der Waals surface area (Å²) < 4.78 is 2.10. The van der Waals surface area contributed by atoms with E-state index in [9.17, 15) is 4.79 Å². The zero-order chi connectivity index (χ0) is 18.1. The van der Waals surface area contributed by atoms with Crippen LogP contribution in [0.1, 0.15) is 50.6 Å². The minimum Gasteiger partial charge on any atom is -0.335 e. The number of thioether (sulfide) groups is 1. The van der Waals surface area contributed by atoms with Gasteiger partial charge in [0, 0.05) is 25.0 Å². The van der Waals surface area contributed by atoms with Crippen LogP contribution in [0.4, 0.5) is 0 Å². The van der Waals surface area contributed by atoms with E-state index in [0.717, 1.165) is 36.5 Å². The molecule has 0 aromatic carbocycles. The number of aliphatic imine (C=N–C) groups is 1. The summed E-state index contributed by atoms with van der Waals surface area (Å²) in [5.74, 6) is -0.0183. The number of thiocarbonyl (C=S) groups is 1. The van der Waals surface area contributed by atoms with Crippen LogP contribution in [-0.4, -0.2) is 37.1 Å². The number of allylic oxidation sites excluding steroid dienone is 1. The molecule has 0 radical (unpaired) electrons. The highest BCUT2D eigenvalue weighted by molar-refractivity contribution is 8.17. The van der Waals surface area contributed by atoms with Gasteiger partial charge in [0.05, 0.1) is 11.4 Å². The lowest BCUT2D eigenvalue weighted by Gasteiger charge is -2.30. The van der Waals surface area contributed by atoms with Crippen molar-refractivity contribution in [1.82, 2.24) is 14.5 Å². The molecule has 0 spiro atoms. The lowest BCUT2D eigenvalue weighted by Crippen LogP contribution is -2.46. The van der Waals surface area contributed by atoms with E-state index < -0.39 is 0 Å². The predicted molar refractivity (Wildman–Crippen MR) is 109 cm³/mol. The number of fused-ring (bicyclic) bond motifs is 2. The Balaban J connectivity index is 1.48. The molecule has 0 N–H and O–H groups in total. The van der Waals surface area contributed by atoms with Gasteiger partial charge in [-0.2, -0.15) is 0 Å². The molecule has 1 aromatic rings. The zero-order valence-corrected chi connectivity index (χ0v) is 16.7. The van der Waals surface area contributed by atoms with Crippen LogP contribution in [0.15, 0.2) is 28.0 Å². The van der Waals surface area contributed by atoms with E-state index in [4.69, 9.17) is 12.2 Å². The maximum absolute atomic E-state index is 13.2. The van der Waals surface area contributed by atoms with Crippen LogP contribution < -0.4 is 0 Å². The third kappa shape index (κ3) is 3.39. The van der Waals surface area contributed by atoms with Crippen LogP contribution in [0.2, 0.25) is 0 Å². The highest BCUT2D eigenvalue weighted by Crippen LogP contribution is 2.46. The Bertz CT molecular complexity index is 795. The molecule has 1 unspecified atom stereocenters. The first-order valence-electron chi connectivity index (χ1n) is 9.45. The lowest BCUT2D eigenvalue weighted by molar-refractivity contribution is -0.128. The number of hydrogen-bond acceptors (Lipinski definition) is 4. The second kappa shape index (κ2) is 7.64. The van der Waals surface area contributed by atoms with E-state index in [0.29, 0.717) is 11.7 Å². The van der Waals surface area contributed by atoms with Gasteiger partial charge in [-0.25, -0.2) is 9.98 Å². The van der Waals surface area contributed by atoms with Crippen LogP contribution in [-0.2, 0) is 11.3 Å². The zero-order valence-electron chi connectivity index (χ0n) is 15.1. The molecule has 5 nitrogen and oxygen atoms in total. The van der Waals surface area contributed by atoms with Crippen molar-refractivity contribution in [3.8, 4) is 0 Å². The predicted octanol–water partition coefficient (Wildman–Crippen LogP) is 4.08. The van der Waals surface area contributed by atoms with Crippen molar-refractivity contribution in [1.29, 1.82) is 0 Å². The molecular formula is C19H24N4OS2. The Morgan fingerprint density at radius 3 is 2.81 bits per heavy atom. The Labute approximate surface area is 164 Å². The van der Waals surface area contributed by atoms with E-state index in [1.807, 2.05) is 19.4 Å². The van der Waals surface area contributed by atoms with E-state index in [1.54, 1.807) is 16.7 Å². The molecule has 1 aliphatic carbocycles. The highest BCUT2D eigenvalue weighted by Gasteiger charge is 2.43. The number of nitrogens with zero attached hydrogens (tertiary/aromatic N) is 4. The molecule has 0 saturated carbocycles. The van der Waals surface area contributed by atoms with Crippen LogP contribution in [0.5, 0.6) is 0 Å². The van der Waals surface area contributed by atoms with Crippen molar-refractivity contribution in [2.45, 2.75) is 58.4 Å². The largest absolute Gasteiger partial charge is 0.335 e. The van der Waals surface area contributed by atoms with Crippen LogP contribution in [0, 0.1) is 12.8 Å². The van der Waals surface area contributed by atoms with Crippen LogP contribution in [0.25, 0.3) is 0 Å². The van der Waals surface area contributed by atoms with Crippen molar-refractivity contribution < 1.29 is 4.79 Å². The molecule has 1 aromatic heterocycles. The summed E-state index contributed by atoms with van der Waals surface area (Å²) in [6.07, 6.45) is 11.6. The van der Waals surface area contributed by atoms with E-state index in [-0.39, 0.29) is 11.8 Å². The van der Waals surface area contributed by atoms with Crippen molar-refractivity contribution in [3.05, 3.63) is 28.7 Å². The fourth-order valence-corrected chi connectivity index (χ4v) is 5.66. The van der Waals surface area contributed by atoms with Gasteiger partial charge in [0.1, 0.15) is 5.92 Å². The normalized spacial score (nSPS) is 23.5. The maximum Gasteiger partial charge on any atom is 0.242 e. The molecule has 1 atom stereocenters. The fourth-order valence-electron chi connectivity index (χ4n) is 3.98. The van der Waals surface area contributed by atoms with Crippen molar-refractivity contribution in [3.63, 3.8) is 0 Å². The lowest BCUT2D eigenvalue weighted by atomic mass is 9.89. The molecule has 7 heteroatoms. The number of amides is 1. The summed E-state index contributed by atoms with van der Waals surface area (Å²) in [5, 5.41) is 1.36.